The Bertz CT molecular complexity index is 1720. The lowest BCUT2D eigenvalue weighted by molar-refractivity contribution is -0.0683. The summed E-state index contributed by atoms with van der Waals surface area (Å²) in [5.74, 6) is -2.84. The van der Waals surface area contributed by atoms with Gasteiger partial charge in [-0.2, -0.15) is 9.37 Å². The minimum atomic E-state index is -3.50. The van der Waals surface area contributed by atoms with Crippen LogP contribution in [0.3, 0.4) is 0 Å². The van der Waals surface area contributed by atoms with Crippen LogP contribution in [0.1, 0.15) is 5.56 Å². The molecule has 0 saturated carbocycles. The van der Waals surface area contributed by atoms with Crippen molar-refractivity contribution < 1.29 is 41.0 Å². The molecule has 1 amide bonds. The molecule has 0 saturated heterocycles. The third kappa shape index (κ3) is 5.85. The number of carbonyl (C=O) groups excluding carboxylic acids is 1. The van der Waals surface area contributed by atoms with Gasteiger partial charge < -0.3 is 24.5 Å². The Hall–Kier alpha value is -5.27. The van der Waals surface area contributed by atoms with Gasteiger partial charge in [0.15, 0.2) is 23.1 Å². The monoisotopic (exact) mass is 571 g/mol. The van der Waals surface area contributed by atoms with Crippen molar-refractivity contribution in [3.8, 4) is 34.5 Å². The Morgan fingerprint density at radius 2 is 1.73 bits per heavy atom. The Labute approximate surface area is 227 Å². The number of nitrogens with zero attached hydrogens (tertiary/aromatic N) is 4. The van der Waals surface area contributed by atoms with Gasteiger partial charge >= 0.3 is 12.5 Å². The van der Waals surface area contributed by atoms with Crippen LogP contribution in [0.4, 0.5) is 26.7 Å². The summed E-state index contributed by atoms with van der Waals surface area (Å²) in [6.45, 7) is 0.0704. The predicted molar refractivity (Wildman–Crippen MR) is 135 cm³/mol. The smallest absolute Gasteiger partial charge is 0.410 e. The fourth-order valence-electron chi connectivity index (χ4n) is 3.95. The SMILES string of the molecule is NC(=O)Oc1cnc(-c2cc3ncnc(OC(F)C(F)F)c3n2-c2ccc(OCc3ccccc3)c(F)c2)c(F)c1. The number of hydrogen-bond acceptors (Lipinski definition) is 7. The van der Waals surface area contributed by atoms with Crippen LogP contribution in [0.25, 0.3) is 28.1 Å². The molecular formula is C27H18F5N5O4. The van der Waals surface area contributed by atoms with Gasteiger partial charge in [-0.25, -0.2) is 32.3 Å². The van der Waals surface area contributed by atoms with E-state index in [1.165, 1.54) is 18.2 Å². The highest BCUT2D eigenvalue weighted by Gasteiger charge is 2.27. The number of aromatic nitrogens is 4. The second kappa shape index (κ2) is 11.5. The molecule has 14 heteroatoms. The number of alkyl halides is 3. The topological polar surface area (TPSA) is 114 Å². The molecule has 210 valence electrons. The summed E-state index contributed by atoms with van der Waals surface area (Å²) in [4.78, 5) is 22.8. The largest absolute Gasteiger partial charge is 0.486 e. The average molecular weight is 571 g/mol. The molecule has 1 unspecified atom stereocenters. The van der Waals surface area contributed by atoms with Gasteiger partial charge in [-0.15, -0.1) is 0 Å². The van der Waals surface area contributed by atoms with Gasteiger partial charge in [0.25, 0.3) is 6.36 Å². The first-order chi connectivity index (χ1) is 19.7. The standard InChI is InChI=1S/C27H18F5N5O4/c28-17-8-15(6-7-21(17)39-12-14-4-2-1-3-5-14)37-20(22-18(29)9-16(11-34-22)40-27(33)38)10-19-23(37)26(36-13-35-19)41-25(32)24(30)31/h1-11,13,24-25H,12H2,(H2,33,38). The molecule has 1 atom stereocenters. The van der Waals surface area contributed by atoms with E-state index in [-0.39, 0.29) is 46.2 Å². The van der Waals surface area contributed by atoms with Crippen LogP contribution in [0.2, 0.25) is 0 Å². The van der Waals surface area contributed by atoms with Crippen LogP contribution in [0.15, 0.2) is 73.2 Å². The lowest BCUT2D eigenvalue weighted by atomic mass is 10.2. The van der Waals surface area contributed by atoms with Crippen molar-refractivity contribution in [2.75, 3.05) is 0 Å². The highest BCUT2D eigenvalue weighted by atomic mass is 19.3. The molecular weight excluding hydrogens is 553 g/mol. The highest BCUT2D eigenvalue weighted by Crippen LogP contribution is 2.37. The molecule has 3 heterocycles. The normalized spacial score (nSPS) is 12.0. The van der Waals surface area contributed by atoms with E-state index in [9.17, 15) is 18.0 Å². The number of fused-ring (bicyclic) bond motifs is 1. The zero-order valence-electron chi connectivity index (χ0n) is 20.7. The number of amides is 1. The Morgan fingerprint density at radius 1 is 0.951 bits per heavy atom. The van der Waals surface area contributed by atoms with Crippen LogP contribution >= 0.6 is 0 Å². The van der Waals surface area contributed by atoms with Crippen LogP contribution < -0.4 is 19.9 Å². The number of hydrogen-bond donors (Lipinski definition) is 1. The highest BCUT2D eigenvalue weighted by molar-refractivity contribution is 5.89. The molecule has 5 aromatic rings. The summed E-state index contributed by atoms with van der Waals surface area (Å²) < 4.78 is 86.4. The summed E-state index contributed by atoms with van der Waals surface area (Å²) in [6.07, 6.45) is -5.82. The number of ether oxygens (including phenoxy) is 3. The molecule has 0 aliphatic heterocycles. The van der Waals surface area contributed by atoms with E-state index in [4.69, 9.17) is 15.2 Å². The number of pyridine rings is 1. The van der Waals surface area contributed by atoms with Crippen molar-refractivity contribution in [2.24, 2.45) is 5.73 Å². The van der Waals surface area contributed by atoms with E-state index in [0.717, 1.165) is 34.8 Å². The van der Waals surface area contributed by atoms with Gasteiger partial charge in [0.1, 0.15) is 24.1 Å². The fraction of sp³-hybridized carbons (Fsp3) is 0.111. The van der Waals surface area contributed by atoms with E-state index in [1.807, 2.05) is 6.07 Å². The second-order valence-corrected chi connectivity index (χ2v) is 8.39. The first-order valence-electron chi connectivity index (χ1n) is 11.8. The molecule has 0 bridgehead atoms. The maximum Gasteiger partial charge on any atom is 0.410 e. The number of benzene rings is 2. The van der Waals surface area contributed by atoms with Gasteiger partial charge in [-0.3, -0.25) is 0 Å². The molecule has 41 heavy (non-hydrogen) atoms. The zero-order chi connectivity index (χ0) is 29.1. The Morgan fingerprint density at radius 3 is 2.41 bits per heavy atom. The molecule has 2 aromatic carbocycles. The van der Waals surface area contributed by atoms with Crippen molar-refractivity contribution >= 4 is 17.1 Å². The van der Waals surface area contributed by atoms with Gasteiger partial charge in [-0.1, -0.05) is 30.3 Å². The van der Waals surface area contributed by atoms with E-state index in [2.05, 4.69) is 19.7 Å². The lowest BCUT2D eigenvalue weighted by Crippen LogP contribution is -2.20. The molecule has 2 N–H and O–H groups in total. The first kappa shape index (κ1) is 27.3. The Balaban J connectivity index is 1.63. The number of primary amides is 1. The van der Waals surface area contributed by atoms with Crippen molar-refractivity contribution in [3.63, 3.8) is 0 Å². The molecule has 0 aliphatic rings. The van der Waals surface area contributed by atoms with Crippen molar-refractivity contribution in [1.82, 2.24) is 19.5 Å². The molecule has 0 fully saturated rings. The fourth-order valence-corrected chi connectivity index (χ4v) is 3.95. The van der Waals surface area contributed by atoms with Crippen molar-refractivity contribution in [3.05, 3.63) is 90.4 Å². The van der Waals surface area contributed by atoms with E-state index in [1.54, 1.807) is 24.3 Å². The number of rotatable bonds is 9. The average Bonchev–Trinajstić information content (AvgIpc) is 3.33. The molecule has 0 radical (unpaired) electrons. The Kier molecular flexibility index (Phi) is 7.63. The summed E-state index contributed by atoms with van der Waals surface area (Å²) >= 11 is 0. The summed E-state index contributed by atoms with van der Waals surface area (Å²) in [6, 6.07) is 14.9. The first-order valence-corrected chi connectivity index (χ1v) is 11.8. The van der Waals surface area contributed by atoms with Gasteiger partial charge in [0, 0.05) is 17.8 Å². The van der Waals surface area contributed by atoms with E-state index in [0.29, 0.717) is 0 Å². The summed E-state index contributed by atoms with van der Waals surface area (Å²) in [5.41, 5.74) is 5.18. The van der Waals surface area contributed by atoms with E-state index >= 15 is 8.78 Å². The van der Waals surface area contributed by atoms with Crippen LogP contribution in [0.5, 0.6) is 17.4 Å². The number of carbonyl (C=O) groups is 1. The maximum atomic E-state index is 15.2. The van der Waals surface area contributed by atoms with Crippen molar-refractivity contribution in [2.45, 2.75) is 19.4 Å². The minimum absolute atomic E-state index is 0.00920. The number of nitrogens with two attached hydrogens (primary N) is 1. The maximum absolute atomic E-state index is 15.2. The van der Waals surface area contributed by atoms with Crippen LogP contribution in [-0.2, 0) is 6.61 Å². The second-order valence-electron chi connectivity index (χ2n) is 8.39. The molecule has 0 aliphatic carbocycles. The van der Waals surface area contributed by atoms with Gasteiger partial charge in [0.05, 0.1) is 17.4 Å². The van der Waals surface area contributed by atoms with Gasteiger partial charge in [0.2, 0.25) is 5.88 Å². The van der Waals surface area contributed by atoms with E-state index < -0.39 is 36.4 Å². The quantitative estimate of drug-likeness (QED) is 0.225. The predicted octanol–water partition coefficient (Wildman–Crippen LogP) is 5.74. The molecule has 5 rings (SSSR count). The third-order valence-electron chi connectivity index (χ3n) is 5.67. The lowest BCUT2D eigenvalue weighted by Gasteiger charge is -2.16. The summed E-state index contributed by atoms with van der Waals surface area (Å²) in [5, 5.41) is 0. The molecule has 0 spiro atoms. The summed E-state index contributed by atoms with van der Waals surface area (Å²) in [7, 11) is 0. The third-order valence-corrected chi connectivity index (χ3v) is 5.67. The van der Waals surface area contributed by atoms with Crippen molar-refractivity contribution in [1.29, 1.82) is 0 Å². The van der Waals surface area contributed by atoms with Crippen LogP contribution in [-0.4, -0.2) is 38.4 Å². The zero-order valence-corrected chi connectivity index (χ0v) is 20.7. The number of halogens is 5. The van der Waals surface area contributed by atoms with Gasteiger partial charge in [-0.05, 0) is 23.8 Å². The minimum Gasteiger partial charge on any atom is -0.486 e. The molecule has 9 nitrogen and oxygen atoms in total. The molecule has 3 aromatic heterocycles. The van der Waals surface area contributed by atoms with Crippen LogP contribution in [0, 0.1) is 11.6 Å².